The Hall–Kier alpha value is -1.59. The molecule has 0 aromatic heterocycles. The maximum Gasteiger partial charge on any atom is 0.315 e. The van der Waals surface area contributed by atoms with Gasteiger partial charge in [0, 0.05) is 12.6 Å². The lowest BCUT2D eigenvalue weighted by Crippen LogP contribution is -2.47. The molecule has 3 rings (SSSR count). The molecule has 5 heteroatoms. The Morgan fingerprint density at radius 2 is 1.81 bits per heavy atom. The minimum absolute atomic E-state index is 0.189. The summed E-state index contributed by atoms with van der Waals surface area (Å²) < 4.78 is 0. The van der Waals surface area contributed by atoms with Crippen molar-refractivity contribution in [1.82, 2.24) is 15.5 Å². The molecular formula is C21H33N3O2. The van der Waals surface area contributed by atoms with Crippen molar-refractivity contribution in [2.75, 3.05) is 19.6 Å². The zero-order chi connectivity index (χ0) is 18.4. The minimum atomic E-state index is -0.698. The van der Waals surface area contributed by atoms with Gasteiger partial charge in [-0.3, -0.25) is 0 Å². The number of likely N-dealkylation sites (tertiary alicyclic amines) is 1. The standard InChI is InChI=1S/C21H33N3O2/c1-16(20(25)18-7-3-2-4-8-18)23-21(26)22-15-17-11-13-24(14-12-17)19-9-5-6-10-19/h2-4,7-8,16-17,19-20,25H,5-6,9-15H2,1H3,(H2,22,23,26)/t16-,20-/m0/s1. The molecule has 26 heavy (non-hydrogen) atoms. The van der Waals surface area contributed by atoms with Crippen LogP contribution >= 0.6 is 0 Å². The lowest BCUT2D eigenvalue weighted by atomic mass is 9.95. The summed E-state index contributed by atoms with van der Waals surface area (Å²) in [5, 5.41) is 16.2. The number of aliphatic hydroxyl groups is 1. The fourth-order valence-electron chi connectivity index (χ4n) is 4.30. The van der Waals surface area contributed by atoms with E-state index in [2.05, 4.69) is 15.5 Å². The Balaban J connectivity index is 1.35. The van der Waals surface area contributed by atoms with Crippen LogP contribution in [0.3, 0.4) is 0 Å². The predicted molar refractivity (Wildman–Crippen MR) is 104 cm³/mol. The van der Waals surface area contributed by atoms with Gasteiger partial charge >= 0.3 is 6.03 Å². The minimum Gasteiger partial charge on any atom is -0.386 e. The summed E-state index contributed by atoms with van der Waals surface area (Å²) in [4.78, 5) is 14.8. The topological polar surface area (TPSA) is 64.6 Å². The lowest BCUT2D eigenvalue weighted by Gasteiger charge is -2.36. The molecule has 0 bridgehead atoms. The number of rotatable bonds is 6. The molecule has 5 nitrogen and oxygen atoms in total. The molecule has 144 valence electrons. The largest absolute Gasteiger partial charge is 0.386 e. The third-order valence-electron chi connectivity index (χ3n) is 6.01. The highest BCUT2D eigenvalue weighted by Crippen LogP contribution is 2.27. The molecule has 1 aromatic carbocycles. The van der Waals surface area contributed by atoms with E-state index in [-0.39, 0.29) is 12.1 Å². The first-order valence-corrected chi connectivity index (χ1v) is 10.1. The summed E-state index contributed by atoms with van der Waals surface area (Å²) >= 11 is 0. The molecule has 2 amide bonds. The summed E-state index contributed by atoms with van der Waals surface area (Å²) in [5.41, 5.74) is 0.819. The quantitative estimate of drug-likeness (QED) is 0.731. The highest BCUT2D eigenvalue weighted by molar-refractivity contribution is 5.74. The summed E-state index contributed by atoms with van der Waals surface area (Å²) in [6, 6.07) is 9.74. The van der Waals surface area contributed by atoms with E-state index in [4.69, 9.17) is 0 Å². The van der Waals surface area contributed by atoms with E-state index >= 15 is 0 Å². The van der Waals surface area contributed by atoms with Gasteiger partial charge in [0.05, 0.1) is 12.1 Å². The number of urea groups is 1. The molecule has 2 aliphatic rings. The van der Waals surface area contributed by atoms with Crippen LogP contribution in [0.15, 0.2) is 30.3 Å². The predicted octanol–water partition coefficient (Wildman–Crippen LogP) is 3.06. The molecule has 0 radical (unpaired) electrons. The fraction of sp³-hybridized carbons (Fsp3) is 0.667. The number of nitrogens with one attached hydrogen (secondary N) is 2. The van der Waals surface area contributed by atoms with Gasteiger partial charge in [-0.25, -0.2) is 4.79 Å². The zero-order valence-electron chi connectivity index (χ0n) is 15.9. The second-order valence-corrected chi connectivity index (χ2v) is 7.92. The number of piperidine rings is 1. The molecule has 2 atom stereocenters. The van der Waals surface area contributed by atoms with Crippen molar-refractivity contribution < 1.29 is 9.90 Å². The molecule has 0 spiro atoms. The van der Waals surface area contributed by atoms with Crippen molar-refractivity contribution >= 4 is 6.03 Å². The van der Waals surface area contributed by atoms with Crippen LogP contribution in [-0.2, 0) is 0 Å². The van der Waals surface area contributed by atoms with E-state index in [9.17, 15) is 9.90 Å². The van der Waals surface area contributed by atoms with E-state index in [1.54, 1.807) is 0 Å². The van der Waals surface area contributed by atoms with Gasteiger partial charge in [0.15, 0.2) is 0 Å². The van der Waals surface area contributed by atoms with Crippen molar-refractivity contribution in [2.24, 2.45) is 5.92 Å². The van der Waals surface area contributed by atoms with Crippen LogP contribution < -0.4 is 10.6 Å². The number of benzene rings is 1. The lowest BCUT2D eigenvalue weighted by molar-refractivity contribution is 0.130. The van der Waals surface area contributed by atoms with Crippen LogP contribution in [0.4, 0.5) is 4.79 Å². The van der Waals surface area contributed by atoms with Crippen LogP contribution in [0.25, 0.3) is 0 Å². The number of aliphatic hydroxyl groups excluding tert-OH is 1. The van der Waals surface area contributed by atoms with Gasteiger partial charge in [-0.1, -0.05) is 43.2 Å². The second-order valence-electron chi connectivity index (χ2n) is 7.92. The number of carbonyl (C=O) groups excluding carboxylic acids is 1. The van der Waals surface area contributed by atoms with Crippen molar-refractivity contribution in [2.45, 2.75) is 63.6 Å². The number of carbonyl (C=O) groups is 1. The van der Waals surface area contributed by atoms with Crippen molar-refractivity contribution in [1.29, 1.82) is 0 Å². The number of hydrogen-bond acceptors (Lipinski definition) is 3. The Bertz CT molecular complexity index is 552. The summed E-state index contributed by atoms with van der Waals surface area (Å²) in [6.07, 6.45) is 7.15. The normalized spacial score (nSPS) is 22.1. The highest BCUT2D eigenvalue weighted by atomic mass is 16.3. The van der Waals surface area contributed by atoms with Crippen LogP contribution in [0.5, 0.6) is 0 Å². The molecule has 0 unspecified atom stereocenters. The first kappa shape index (κ1) is 19.2. The van der Waals surface area contributed by atoms with Gasteiger partial charge < -0.3 is 20.6 Å². The first-order valence-electron chi connectivity index (χ1n) is 10.1. The Labute approximate surface area is 157 Å². The van der Waals surface area contributed by atoms with Crippen LogP contribution in [0, 0.1) is 5.92 Å². The van der Waals surface area contributed by atoms with Crippen molar-refractivity contribution in [3.05, 3.63) is 35.9 Å². The van der Waals surface area contributed by atoms with Gasteiger partial charge in [-0.15, -0.1) is 0 Å². The van der Waals surface area contributed by atoms with E-state index in [0.29, 0.717) is 5.92 Å². The maximum absolute atomic E-state index is 12.2. The van der Waals surface area contributed by atoms with Crippen molar-refractivity contribution in [3.63, 3.8) is 0 Å². The molecule has 1 saturated heterocycles. The van der Waals surface area contributed by atoms with Crippen LogP contribution in [0.1, 0.15) is 57.1 Å². The third-order valence-corrected chi connectivity index (χ3v) is 6.01. The molecule has 1 saturated carbocycles. The van der Waals surface area contributed by atoms with Gasteiger partial charge in [0.1, 0.15) is 0 Å². The van der Waals surface area contributed by atoms with Gasteiger partial charge in [-0.05, 0) is 57.2 Å². The fourth-order valence-corrected chi connectivity index (χ4v) is 4.30. The van der Waals surface area contributed by atoms with Crippen LogP contribution in [0.2, 0.25) is 0 Å². The van der Waals surface area contributed by atoms with Gasteiger partial charge in [0.2, 0.25) is 0 Å². The number of hydrogen-bond donors (Lipinski definition) is 3. The SMILES string of the molecule is C[C@H](NC(=O)NCC1CCN(C2CCCC2)CC1)[C@H](O)c1ccccc1. The van der Waals surface area contributed by atoms with Gasteiger partial charge in [-0.2, -0.15) is 0 Å². The molecule has 1 aliphatic heterocycles. The molecule has 1 heterocycles. The number of nitrogens with zero attached hydrogens (tertiary/aromatic N) is 1. The first-order chi connectivity index (χ1) is 12.6. The van der Waals surface area contributed by atoms with Crippen LogP contribution in [-0.4, -0.2) is 47.8 Å². The average molecular weight is 360 g/mol. The average Bonchev–Trinajstić information content (AvgIpc) is 3.21. The Morgan fingerprint density at radius 1 is 1.15 bits per heavy atom. The molecule has 2 fully saturated rings. The third kappa shape index (κ3) is 5.21. The Kier molecular flexibility index (Phi) is 6.92. The zero-order valence-corrected chi connectivity index (χ0v) is 15.9. The Morgan fingerprint density at radius 3 is 2.46 bits per heavy atom. The van der Waals surface area contributed by atoms with Crippen molar-refractivity contribution in [3.8, 4) is 0 Å². The van der Waals surface area contributed by atoms with E-state index < -0.39 is 6.10 Å². The molecule has 1 aromatic rings. The van der Waals surface area contributed by atoms with E-state index in [1.807, 2.05) is 37.3 Å². The smallest absolute Gasteiger partial charge is 0.315 e. The number of amides is 2. The van der Waals surface area contributed by atoms with Gasteiger partial charge in [0.25, 0.3) is 0 Å². The molecular weight excluding hydrogens is 326 g/mol. The maximum atomic E-state index is 12.2. The summed E-state index contributed by atoms with van der Waals surface area (Å²) in [5.74, 6) is 0.563. The molecule has 3 N–H and O–H groups in total. The molecule has 1 aliphatic carbocycles. The second kappa shape index (κ2) is 9.38. The van der Waals surface area contributed by atoms with E-state index in [1.165, 1.54) is 51.6 Å². The monoisotopic (exact) mass is 359 g/mol. The highest BCUT2D eigenvalue weighted by Gasteiger charge is 2.27. The summed E-state index contributed by atoms with van der Waals surface area (Å²) in [7, 11) is 0. The van der Waals surface area contributed by atoms with E-state index in [0.717, 1.165) is 18.2 Å². The summed E-state index contributed by atoms with van der Waals surface area (Å²) in [6.45, 7) is 4.89.